The van der Waals surface area contributed by atoms with Crippen molar-refractivity contribution in [3.8, 4) is 0 Å². The van der Waals surface area contributed by atoms with E-state index in [1.54, 1.807) is 0 Å². The fourth-order valence-electron chi connectivity index (χ4n) is 1.12. The number of hydrogen-bond acceptors (Lipinski definition) is 8. The second-order valence-corrected chi connectivity index (χ2v) is 3.28. The van der Waals surface area contributed by atoms with Crippen LogP contribution in [0.3, 0.4) is 0 Å². The average molecular weight is 266 g/mol. The van der Waals surface area contributed by atoms with E-state index in [0.717, 1.165) is 0 Å². The highest BCUT2D eigenvalue weighted by Crippen LogP contribution is 2.09. The molecule has 0 heterocycles. The van der Waals surface area contributed by atoms with Crippen LogP contribution in [0.15, 0.2) is 0 Å². The molecule has 0 radical (unpaired) electrons. The predicted octanol–water partition coefficient (Wildman–Crippen LogP) is 0.853. The number of hydrogen-bond donors (Lipinski definition) is 0. The van der Waals surface area contributed by atoms with Crippen LogP contribution in [0.1, 0.15) is 32.6 Å². The first kappa shape index (κ1) is 15.9. The maximum Gasteiger partial charge on any atom is 0.302 e. The van der Waals surface area contributed by atoms with Crippen LogP contribution in [0.25, 0.3) is 0 Å². The molecule has 10 nitrogen and oxygen atoms in total. The molecule has 0 saturated heterocycles. The van der Waals surface area contributed by atoms with E-state index in [9.17, 15) is 25.0 Å². The van der Waals surface area contributed by atoms with Gasteiger partial charge in [-0.05, 0) is 25.7 Å². The highest BCUT2D eigenvalue weighted by molar-refractivity contribution is 5.65. The zero-order valence-electron chi connectivity index (χ0n) is 9.77. The molecule has 0 saturated carbocycles. The van der Waals surface area contributed by atoms with Crippen molar-refractivity contribution in [1.29, 1.82) is 0 Å². The van der Waals surface area contributed by atoms with Crippen molar-refractivity contribution in [3.63, 3.8) is 0 Å². The van der Waals surface area contributed by atoms with Gasteiger partial charge in [-0.3, -0.25) is 14.5 Å². The highest BCUT2D eigenvalue weighted by atomic mass is 17.0. The molecule has 0 aromatic carbocycles. The molecule has 0 spiro atoms. The van der Waals surface area contributed by atoms with Gasteiger partial charge in [0.05, 0.1) is 6.61 Å². The zero-order valence-corrected chi connectivity index (χ0v) is 9.77. The molecule has 0 aliphatic rings. The Labute approximate surface area is 102 Å². The Morgan fingerprint density at radius 2 is 1.67 bits per heavy atom. The Morgan fingerprint density at radius 3 is 2.11 bits per heavy atom. The third kappa shape index (κ3) is 10.4. The largest absolute Gasteiger partial charge is 0.466 e. The van der Waals surface area contributed by atoms with E-state index in [-0.39, 0.29) is 19.0 Å². The first-order valence-corrected chi connectivity index (χ1v) is 5.17. The third-order valence-electron chi connectivity index (χ3n) is 1.80. The van der Waals surface area contributed by atoms with Crippen LogP contribution in [0, 0.1) is 20.2 Å². The maximum atomic E-state index is 10.4. The summed E-state index contributed by atoms with van der Waals surface area (Å²) in [6.45, 7) is 1.53. The summed E-state index contributed by atoms with van der Waals surface area (Å²) in [5.74, 6) is -0.388. The summed E-state index contributed by atoms with van der Waals surface area (Å²) in [6.07, 6.45) is 0.0221. The van der Waals surface area contributed by atoms with Gasteiger partial charge in [0.25, 0.3) is 16.5 Å². The molecule has 0 fully saturated rings. The number of unbranched alkanes of at least 4 members (excludes halogenated alkanes) is 2. The van der Waals surface area contributed by atoms with E-state index >= 15 is 0 Å². The Kier molecular flexibility index (Phi) is 7.90. The topological polar surface area (TPSA) is 131 Å². The number of ether oxygens (including phenoxy) is 1. The zero-order chi connectivity index (χ0) is 14.0. The van der Waals surface area contributed by atoms with Crippen molar-refractivity contribution < 1.29 is 29.4 Å². The number of carbonyl (C=O) groups is 1. The molecule has 0 aromatic heterocycles. The molecule has 0 unspecified atom stereocenters. The summed E-state index contributed by atoms with van der Waals surface area (Å²) in [4.78, 5) is 38.4. The van der Waals surface area contributed by atoms with Gasteiger partial charge in [-0.25, -0.2) is 0 Å². The first-order valence-electron chi connectivity index (χ1n) is 5.17. The van der Waals surface area contributed by atoms with E-state index in [4.69, 9.17) is 0 Å². The van der Waals surface area contributed by atoms with Gasteiger partial charge in [-0.15, -0.1) is 20.2 Å². The van der Waals surface area contributed by atoms with Crippen LogP contribution in [-0.2, 0) is 19.2 Å². The minimum Gasteiger partial charge on any atom is -0.466 e. The molecule has 0 bridgehead atoms. The summed E-state index contributed by atoms with van der Waals surface area (Å²) in [5, 5.41) is 17.8. The van der Waals surface area contributed by atoms with Crippen molar-refractivity contribution in [1.82, 2.24) is 0 Å². The molecule has 10 heteroatoms. The molecule has 0 aliphatic carbocycles. The number of rotatable bonds is 10. The lowest BCUT2D eigenvalue weighted by Crippen LogP contribution is -2.23. The van der Waals surface area contributed by atoms with Crippen LogP contribution in [0.5, 0.6) is 0 Å². The van der Waals surface area contributed by atoms with Crippen molar-refractivity contribution in [3.05, 3.63) is 20.2 Å². The molecular formula is C8H14N2O8. The number of nitrogens with zero attached hydrogens (tertiary/aromatic N) is 2. The summed E-state index contributed by atoms with van der Waals surface area (Å²) in [7, 11) is 0. The molecule has 0 atom stereocenters. The van der Waals surface area contributed by atoms with E-state index in [1.165, 1.54) is 6.92 Å². The SMILES string of the molecule is CC(=O)OCCCCCC(O[N+](=O)[O-])O[N+](=O)[O-]. The van der Waals surface area contributed by atoms with Gasteiger partial charge < -0.3 is 4.74 Å². The van der Waals surface area contributed by atoms with E-state index < -0.39 is 16.5 Å². The molecular weight excluding hydrogens is 252 g/mol. The van der Waals surface area contributed by atoms with Gasteiger partial charge >= 0.3 is 5.97 Å². The summed E-state index contributed by atoms with van der Waals surface area (Å²) < 4.78 is 4.66. The Balaban J connectivity index is 3.72. The van der Waals surface area contributed by atoms with Crippen LogP contribution < -0.4 is 0 Å². The lowest BCUT2D eigenvalue weighted by atomic mass is 10.2. The molecule has 104 valence electrons. The highest BCUT2D eigenvalue weighted by Gasteiger charge is 2.17. The minimum atomic E-state index is -1.52. The van der Waals surface area contributed by atoms with Gasteiger partial charge in [0.2, 0.25) is 0 Å². The lowest BCUT2D eigenvalue weighted by Gasteiger charge is -2.11. The average Bonchev–Trinajstić information content (AvgIpc) is 2.20. The van der Waals surface area contributed by atoms with E-state index in [0.29, 0.717) is 19.3 Å². The van der Waals surface area contributed by atoms with Crippen molar-refractivity contribution in [2.75, 3.05) is 6.61 Å². The third-order valence-corrected chi connectivity index (χ3v) is 1.80. The number of esters is 1. The van der Waals surface area contributed by atoms with Gasteiger partial charge in [-0.1, -0.05) is 0 Å². The fraction of sp³-hybridized carbons (Fsp3) is 0.875. The Bertz CT molecular complexity index is 279. The van der Waals surface area contributed by atoms with Gasteiger partial charge in [0, 0.05) is 6.92 Å². The second kappa shape index (κ2) is 8.96. The van der Waals surface area contributed by atoms with Gasteiger partial charge in [0.15, 0.2) is 0 Å². The van der Waals surface area contributed by atoms with Crippen LogP contribution >= 0.6 is 0 Å². The standard InChI is InChI=1S/C8H14N2O8/c1-7(11)16-6-4-2-3-5-8(17-9(12)13)18-10(14)15/h8H,2-6H2,1H3. The number of carbonyl (C=O) groups excluding carboxylic acids is 1. The molecule has 18 heavy (non-hydrogen) atoms. The monoisotopic (exact) mass is 266 g/mol. The summed E-state index contributed by atoms with van der Waals surface area (Å²) in [5.41, 5.74) is 0. The Morgan fingerprint density at radius 1 is 1.11 bits per heavy atom. The second-order valence-electron chi connectivity index (χ2n) is 3.28. The summed E-state index contributed by atoms with van der Waals surface area (Å²) in [6, 6.07) is 0. The molecule has 0 aromatic rings. The normalized spacial score (nSPS) is 9.89. The van der Waals surface area contributed by atoms with Crippen molar-refractivity contribution >= 4 is 5.97 Å². The van der Waals surface area contributed by atoms with E-state index in [2.05, 4.69) is 14.4 Å². The van der Waals surface area contributed by atoms with E-state index in [1.807, 2.05) is 0 Å². The summed E-state index contributed by atoms with van der Waals surface area (Å²) >= 11 is 0. The molecule has 0 aliphatic heterocycles. The molecule has 0 N–H and O–H groups in total. The Hall–Kier alpha value is -2.13. The molecule has 0 rings (SSSR count). The maximum absolute atomic E-state index is 10.4. The minimum absolute atomic E-state index is 0.00202. The first-order chi connectivity index (χ1) is 8.41. The van der Waals surface area contributed by atoms with Crippen LogP contribution in [0.2, 0.25) is 0 Å². The van der Waals surface area contributed by atoms with Crippen LogP contribution in [-0.4, -0.2) is 29.0 Å². The van der Waals surface area contributed by atoms with Gasteiger partial charge in [0.1, 0.15) is 0 Å². The smallest absolute Gasteiger partial charge is 0.302 e. The van der Waals surface area contributed by atoms with Crippen molar-refractivity contribution in [2.24, 2.45) is 0 Å². The lowest BCUT2D eigenvalue weighted by molar-refractivity contribution is -0.851. The quantitative estimate of drug-likeness (QED) is 0.187. The molecule has 0 amide bonds. The fourth-order valence-corrected chi connectivity index (χ4v) is 1.12. The predicted molar refractivity (Wildman–Crippen MR) is 55.0 cm³/mol. The van der Waals surface area contributed by atoms with Gasteiger partial charge in [-0.2, -0.15) is 0 Å². The van der Waals surface area contributed by atoms with Crippen LogP contribution in [0.4, 0.5) is 0 Å². The van der Waals surface area contributed by atoms with Crippen molar-refractivity contribution in [2.45, 2.75) is 38.9 Å².